The first-order chi connectivity index (χ1) is 23.3. The summed E-state index contributed by atoms with van der Waals surface area (Å²) in [5, 5.41) is 7.73. The molecule has 9 aliphatic rings. The van der Waals surface area contributed by atoms with Crippen LogP contribution in [0.25, 0.3) is 0 Å². The van der Waals surface area contributed by atoms with E-state index < -0.39 is 0 Å². The van der Waals surface area contributed by atoms with Crippen molar-refractivity contribution in [1.29, 1.82) is 0 Å². The van der Waals surface area contributed by atoms with Crippen molar-refractivity contribution in [3.63, 3.8) is 0 Å². The zero-order valence-electron chi connectivity index (χ0n) is 28.3. The molecule has 2 N–H and O–H groups in total. The van der Waals surface area contributed by atoms with Crippen LogP contribution in [0.3, 0.4) is 0 Å². The molecule has 1 aliphatic heterocycles. The average molecular weight is 623 g/mol. The third-order valence-electron chi connectivity index (χ3n) is 13.5. The lowest BCUT2D eigenvalue weighted by Gasteiger charge is -2.43. The number of hydrogen-bond acceptors (Lipinski definition) is 2. The molecule has 8 aliphatic carbocycles. The summed E-state index contributed by atoms with van der Waals surface area (Å²) in [6, 6.07) is 0.866. The Labute approximate surface area is 283 Å². The highest BCUT2D eigenvalue weighted by Gasteiger charge is 2.38. The first-order valence-electron chi connectivity index (χ1n) is 19.4. The maximum Gasteiger partial charge on any atom is 0.0374 e. The fourth-order valence-corrected chi connectivity index (χ4v) is 10.9. The van der Waals surface area contributed by atoms with Crippen molar-refractivity contribution in [1.82, 2.24) is 10.6 Å². The molecule has 0 saturated heterocycles. The average Bonchev–Trinajstić information content (AvgIpc) is 3.11. The minimum Gasteiger partial charge on any atom is -0.387 e. The molecule has 1 heterocycles. The van der Waals surface area contributed by atoms with Gasteiger partial charge in [0.15, 0.2) is 0 Å². The molecule has 0 spiro atoms. The molecule has 47 heavy (non-hydrogen) atoms. The second-order valence-electron chi connectivity index (χ2n) is 16.0. The van der Waals surface area contributed by atoms with Crippen molar-refractivity contribution in [2.45, 2.75) is 102 Å². The van der Waals surface area contributed by atoms with Crippen LogP contribution in [-0.2, 0) is 0 Å². The molecule has 0 radical (unpaired) electrons. The summed E-state index contributed by atoms with van der Waals surface area (Å²) in [7, 11) is 0. The van der Waals surface area contributed by atoms with Gasteiger partial charge in [0.25, 0.3) is 0 Å². The van der Waals surface area contributed by atoms with Crippen molar-refractivity contribution in [3.8, 4) is 0 Å². The lowest BCUT2D eigenvalue weighted by molar-refractivity contribution is 0.330. The Hall–Kier alpha value is -3.10. The molecule has 0 amide bonds. The van der Waals surface area contributed by atoms with Gasteiger partial charge in [-0.15, -0.1) is 0 Å². The van der Waals surface area contributed by atoms with Gasteiger partial charge in [-0.2, -0.15) is 0 Å². The Morgan fingerprint density at radius 1 is 0.702 bits per heavy atom. The molecule has 7 unspecified atom stereocenters. The molecule has 0 aromatic carbocycles. The maximum atomic E-state index is 4.31. The SMILES string of the molecule is C1=CC2=C(CC1)[C@H](C1=CCC(C3=CC=C(C4=C5C=CCCC5C(C5=CNC5)CC4)C(NC4C=CC5CCC=CC5C4)C3)CC1)CC=C2. The van der Waals surface area contributed by atoms with Crippen LogP contribution >= 0.6 is 0 Å². The normalized spacial score (nSPS) is 37.5. The third-order valence-corrected chi connectivity index (χ3v) is 13.5. The van der Waals surface area contributed by atoms with Gasteiger partial charge in [0, 0.05) is 24.5 Å². The fourth-order valence-electron chi connectivity index (χ4n) is 10.9. The summed E-state index contributed by atoms with van der Waals surface area (Å²) in [6.45, 7) is 1.10. The fraction of sp³-hybridized carbons (Fsp3) is 0.511. The maximum absolute atomic E-state index is 4.31. The molecule has 0 saturated carbocycles. The molecule has 0 aromatic heterocycles. The van der Waals surface area contributed by atoms with E-state index in [2.05, 4.69) is 95.8 Å². The molecule has 8 atom stereocenters. The van der Waals surface area contributed by atoms with Crippen LogP contribution in [0, 0.1) is 35.5 Å². The second kappa shape index (κ2) is 13.1. The summed E-state index contributed by atoms with van der Waals surface area (Å²) in [5.74, 6) is 4.22. The van der Waals surface area contributed by atoms with Gasteiger partial charge in [-0.25, -0.2) is 0 Å². The van der Waals surface area contributed by atoms with Gasteiger partial charge in [-0.3, -0.25) is 0 Å². The number of allylic oxidation sites excluding steroid dienone is 16. The van der Waals surface area contributed by atoms with E-state index >= 15 is 0 Å². The first-order valence-corrected chi connectivity index (χ1v) is 19.4. The van der Waals surface area contributed by atoms with Crippen LogP contribution in [-0.4, -0.2) is 18.6 Å². The minimum absolute atomic E-state index is 0.406. The molecule has 0 aromatic rings. The van der Waals surface area contributed by atoms with E-state index in [1.165, 1.54) is 95.5 Å². The number of fused-ring (bicyclic) bond motifs is 2. The van der Waals surface area contributed by atoms with E-state index in [1.807, 2.05) is 0 Å². The van der Waals surface area contributed by atoms with Crippen LogP contribution in [0.1, 0.15) is 89.9 Å². The zero-order valence-corrected chi connectivity index (χ0v) is 28.3. The van der Waals surface area contributed by atoms with E-state index in [9.17, 15) is 0 Å². The molecular weight excluding hydrogens is 569 g/mol. The molecule has 9 rings (SSSR count). The summed E-state index contributed by atoms with van der Waals surface area (Å²) in [6.07, 6.45) is 52.3. The van der Waals surface area contributed by atoms with E-state index in [-0.39, 0.29) is 0 Å². The highest BCUT2D eigenvalue weighted by Crippen LogP contribution is 2.49. The predicted octanol–water partition coefficient (Wildman–Crippen LogP) is 10.2. The zero-order chi connectivity index (χ0) is 31.2. The molecule has 2 heteroatoms. The Morgan fingerprint density at radius 2 is 1.62 bits per heavy atom. The number of hydrogen-bond donors (Lipinski definition) is 2. The smallest absolute Gasteiger partial charge is 0.0374 e. The first kappa shape index (κ1) is 30.0. The highest BCUT2D eigenvalue weighted by atomic mass is 15.0. The minimum atomic E-state index is 0.406. The standard InChI is InChI=1S/C45H54N2/c1-2-10-34-26-37(22-20-30(34)8-1)47-45-27-35(31-16-18-33(19-17-31)39-15-7-11-32-9-3-4-12-38(32)39)21-23-44(45)43-25-24-40(36-28-46-29-36)41-13-5-6-14-42(41)43/h2-3,6-7,9-11,14,18,20-23,28,30-31,34,37,39-41,45-47H,1,4-5,8,12-13,15-17,19,24-27,29H2/t30?,31?,34?,37?,39-,40?,41?,45?/m0/s1. The Balaban J connectivity index is 0.994. The van der Waals surface area contributed by atoms with Gasteiger partial charge >= 0.3 is 0 Å². The summed E-state index contributed by atoms with van der Waals surface area (Å²) in [4.78, 5) is 0. The van der Waals surface area contributed by atoms with Crippen LogP contribution in [0.15, 0.2) is 130 Å². The van der Waals surface area contributed by atoms with E-state index in [4.69, 9.17) is 0 Å². The number of nitrogens with one attached hydrogen (secondary N) is 2. The van der Waals surface area contributed by atoms with Gasteiger partial charge in [0.2, 0.25) is 0 Å². The lowest BCUT2D eigenvalue weighted by atomic mass is 9.65. The van der Waals surface area contributed by atoms with Crippen LogP contribution in [0.4, 0.5) is 0 Å². The van der Waals surface area contributed by atoms with Gasteiger partial charge in [-0.1, -0.05) is 95.7 Å². The van der Waals surface area contributed by atoms with Crippen LogP contribution in [0.5, 0.6) is 0 Å². The Kier molecular flexibility index (Phi) is 8.34. The quantitative estimate of drug-likeness (QED) is 0.288. The lowest BCUT2D eigenvalue weighted by Crippen LogP contribution is -2.44. The van der Waals surface area contributed by atoms with Crippen molar-refractivity contribution in [3.05, 3.63) is 130 Å². The number of rotatable bonds is 6. The van der Waals surface area contributed by atoms with Crippen LogP contribution < -0.4 is 10.6 Å². The van der Waals surface area contributed by atoms with E-state index in [1.54, 1.807) is 39.0 Å². The van der Waals surface area contributed by atoms with E-state index in [0.717, 1.165) is 18.4 Å². The van der Waals surface area contributed by atoms with Gasteiger partial charge in [0.1, 0.15) is 0 Å². The van der Waals surface area contributed by atoms with Crippen molar-refractivity contribution in [2.75, 3.05) is 6.54 Å². The molecular formula is C45H54N2. The van der Waals surface area contributed by atoms with Gasteiger partial charge in [0.05, 0.1) is 0 Å². The van der Waals surface area contributed by atoms with Crippen molar-refractivity contribution < 1.29 is 0 Å². The highest BCUT2D eigenvalue weighted by molar-refractivity contribution is 5.52. The van der Waals surface area contributed by atoms with Gasteiger partial charge in [-0.05, 0) is 154 Å². The molecule has 0 fully saturated rings. The van der Waals surface area contributed by atoms with Crippen molar-refractivity contribution in [2.24, 2.45) is 35.5 Å². The van der Waals surface area contributed by atoms with E-state index in [0.29, 0.717) is 35.8 Å². The van der Waals surface area contributed by atoms with Crippen LogP contribution in [0.2, 0.25) is 0 Å². The predicted molar refractivity (Wildman–Crippen MR) is 196 cm³/mol. The summed E-state index contributed by atoms with van der Waals surface area (Å²) >= 11 is 0. The Bertz CT molecular complexity index is 1610. The second-order valence-corrected chi connectivity index (χ2v) is 16.0. The largest absolute Gasteiger partial charge is 0.387 e. The summed E-state index contributed by atoms with van der Waals surface area (Å²) in [5.41, 5.74) is 13.3. The molecule has 0 bridgehead atoms. The Morgan fingerprint density at radius 3 is 2.51 bits per heavy atom. The van der Waals surface area contributed by atoms with Gasteiger partial charge < -0.3 is 10.6 Å². The summed E-state index contributed by atoms with van der Waals surface area (Å²) < 4.78 is 0. The molecule has 2 nitrogen and oxygen atoms in total. The molecule has 244 valence electrons. The van der Waals surface area contributed by atoms with Crippen molar-refractivity contribution >= 4 is 0 Å². The monoisotopic (exact) mass is 622 g/mol. The third kappa shape index (κ3) is 5.83. The topological polar surface area (TPSA) is 24.1 Å².